The van der Waals surface area contributed by atoms with Crippen LogP contribution in [0.4, 0.5) is 0 Å². The van der Waals surface area contributed by atoms with Crippen molar-refractivity contribution in [1.82, 2.24) is 15.1 Å². The van der Waals surface area contributed by atoms with Crippen molar-refractivity contribution in [2.75, 3.05) is 0 Å². The van der Waals surface area contributed by atoms with E-state index in [1.165, 1.54) is 24.9 Å². The van der Waals surface area contributed by atoms with E-state index in [4.69, 9.17) is 4.52 Å². The fraction of sp³-hybridized carbons (Fsp3) is 0.214. The number of rotatable bonds is 2. The van der Waals surface area contributed by atoms with Crippen LogP contribution >= 0.6 is 0 Å². The highest BCUT2D eigenvalue weighted by Gasteiger charge is 2.25. The Kier molecular flexibility index (Phi) is 2.00. The molecule has 1 aliphatic carbocycles. The monoisotopic (exact) mass is 250 g/mol. The fourth-order valence-electron chi connectivity index (χ4n) is 2.39. The lowest BCUT2D eigenvalue weighted by Gasteiger charge is -1.98. The number of aromatic nitrogens is 3. The molecular weight excluding hydrogens is 240 g/mol. The first-order valence-electron chi connectivity index (χ1n) is 6.19. The van der Waals surface area contributed by atoms with Gasteiger partial charge in [0.15, 0.2) is 6.33 Å². The Morgan fingerprint density at radius 2 is 2.21 bits per heavy atom. The lowest BCUT2D eigenvalue weighted by molar-refractivity contribution is 0.430. The van der Waals surface area contributed by atoms with Crippen LogP contribution in [-0.2, 0) is 0 Å². The van der Waals surface area contributed by atoms with Crippen LogP contribution in [0.5, 0.6) is 0 Å². The highest BCUT2D eigenvalue weighted by Crippen LogP contribution is 2.41. The third-order valence-corrected chi connectivity index (χ3v) is 3.50. The molecule has 0 spiro atoms. The molecule has 1 fully saturated rings. The van der Waals surface area contributed by atoms with Crippen molar-refractivity contribution in [3.63, 3.8) is 0 Å². The standard InChI is InChI=1S/C14H10N4O/c15-6-11-4-10(14-16-7-17-19-14)3-9-5-12(8-1-2-8)18-13(9)11/h3-5,7-8,18H,1-2H2. The van der Waals surface area contributed by atoms with Crippen molar-refractivity contribution in [3.05, 3.63) is 35.8 Å². The average molecular weight is 250 g/mol. The van der Waals surface area contributed by atoms with Crippen LogP contribution in [0.2, 0.25) is 0 Å². The predicted octanol–water partition coefficient (Wildman–Crippen LogP) is 2.97. The molecular formula is C14H10N4O. The number of aromatic amines is 1. The average Bonchev–Trinajstić information content (AvgIpc) is 2.98. The molecule has 0 saturated heterocycles. The van der Waals surface area contributed by atoms with Gasteiger partial charge in [0.05, 0.1) is 11.1 Å². The number of nitrogens with zero attached hydrogens (tertiary/aromatic N) is 3. The fourth-order valence-corrected chi connectivity index (χ4v) is 2.39. The van der Waals surface area contributed by atoms with E-state index >= 15 is 0 Å². The smallest absolute Gasteiger partial charge is 0.257 e. The van der Waals surface area contributed by atoms with Crippen LogP contribution in [0.25, 0.3) is 22.4 Å². The summed E-state index contributed by atoms with van der Waals surface area (Å²) in [4.78, 5) is 7.39. The highest BCUT2D eigenvalue weighted by molar-refractivity contribution is 5.89. The van der Waals surface area contributed by atoms with E-state index in [0.29, 0.717) is 17.4 Å². The number of H-pyrrole nitrogens is 1. The quantitative estimate of drug-likeness (QED) is 0.758. The zero-order chi connectivity index (χ0) is 12.8. The number of nitrogens with one attached hydrogen (secondary N) is 1. The van der Waals surface area contributed by atoms with Gasteiger partial charge in [-0.05, 0) is 37.0 Å². The molecule has 92 valence electrons. The number of hydrogen-bond acceptors (Lipinski definition) is 4. The topological polar surface area (TPSA) is 78.5 Å². The third kappa shape index (κ3) is 1.61. The van der Waals surface area contributed by atoms with E-state index in [-0.39, 0.29) is 0 Å². The van der Waals surface area contributed by atoms with Crippen LogP contribution in [0, 0.1) is 11.3 Å². The van der Waals surface area contributed by atoms with Gasteiger partial charge >= 0.3 is 0 Å². The van der Waals surface area contributed by atoms with Crippen LogP contribution in [0.15, 0.2) is 29.0 Å². The van der Waals surface area contributed by atoms with E-state index < -0.39 is 0 Å². The third-order valence-electron chi connectivity index (χ3n) is 3.50. The molecule has 0 bridgehead atoms. The first-order chi connectivity index (χ1) is 9.35. The van der Waals surface area contributed by atoms with Gasteiger partial charge in [-0.1, -0.05) is 5.16 Å². The van der Waals surface area contributed by atoms with Gasteiger partial charge in [0.25, 0.3) is 5.89 Å². The molecule has 3 aromatic rings. The summed E-state index contributed by atoms with van der Waals surface area (Å²) in [5.74, 6) is 1.07. The van der Waals surface area contributed by atoms with Crippen LogP contribution < -0.4 is 0 Å². The van der Waals surface area contributed by atoms with E-state index in [9.17, 15) is 5.26 Å². The molecule has 1 aromatic carbocycles. The number of benzene rings is 1. The zero-order valence-electron chi connectivity index (χ0n) is 10.1. The molecule has 5 heteroatoms. The van der Waals surface area contributed by atoms with Crippen molar-refractivity contribution >= 4 is 10.9 Å². The summed E-state index contributed by atoms with van der Waals surface area (Å²) in [7, 11) is 0. The molecule has 0 unspecified atom stereocenters. The second kappa shape index (κ2) is 3.69. The summed E-state index contributed by atoms with van der Waals surface area (Å²) in [6.07, 6.45) is 3.81. The molecule has 1 saturated carbocycles. The maximum Gasteiger partial charge on any atom is 0.257 e. The van der Waals surface area contributed by atoms with Gasteiger partial charge in [-0.2, -0.15) is 10.2 Å². The minimum atomic E-state index is 0.438. The molecule has 5 nitrogen and oxygen atoms in total. The molecule has 1 aliphatic rings. The Morgan fingerprint density at radius 1 is 1.32 bits per heavy atom. The molecule has 2 heterocycles. The second-order valence-corrected chi connectivity index (χ2v) is 4.85. The molecule has 19 heavy (non-hydrogen) atoms. The van der Waals surface area contributed by atoms with Gasteiger partial charge in [0, 0.05) is 16.6 Å². The molecule has 4 rings (SSSR count). The molecule has 0 atom stereocenters. The minimum absolute atomic E-state index is 0.438. The zero-order valence-corrected chi connectivity index (χ0v) is 10.1. The first-order valence-corrected chi connectivity index (χ1v) is 6.19. The SMILES string of the molecule is N#Cc1cc(-c2ncno2)cc2cc(C3CC3)[nH]c12. The summed E-state index contributed by atoms with van der Waals surface area (Å²) in [6.45, 7) is 0. The lowest BCUT2D eigenvalue weighted by Crippen LogP contribution is -1.83. The van der Waals surface area contributed by atoms with Crippen molar-refractivity contribution in [1.29, 1.82) is 5.26 Å². The van der Waals surface area contributed by atoms with Crippen molar-refractivity contribution < 1.29 is 4.52 Å². The van der Waals surface area contributed by atoms with E-state index in [0.717, 1.165) is 16.5 Å². The summed E-state index contributed by atoms with van der Waals surface area (Å²) >= 11 is 0. The van der Waals surface area contributed by atoms with Crippen molar-refractivity contribution in [2.45, 2.75) is 18.8 Å². The van der Waals surface area contributed by atoms with Crippen LogP contribution in [0.3, 0.4) is 0 Å². The highest BCUT2D eigenvalue weighted by atomic mass is 16.5. The summed E-state index contributed by atoms with van der Waals surface area (Å²) in [6, 6.07) is 8.10. The normalized spacial score (nSPS) is 14.7. The largest absolute Gasteiger partial charge is 0.357 e. The van der Waals surface area contributed by atoms with Crippen molar-refractivity contribution in [3.8, 4) is 17.5 Å². The molecule has 2 aromatic heterocycles. The Labute approximate surface area is 108 Å². The molecule has 0 aliphatic heterocycles. The molecule has 0 amide bonds. The first kappa shape index (κ1) is 10.3. The summed E-state index contributed by atoms with van der Waals surface area (Å²) < 4.78 is 5.05. The lowest BCUT2D eigenvalue weighted by atomic mass is 10.1. The second-order valence-electron chi connectivity index (χ2n) is 4.85. The van der Waals surface area contributed by atoms with Gasteiger partial charge in [-0.3, -0.25) is 0 Å². The number of hydrogen-bond donors (Lipinski definition) is 1. The van der Waals surface area contributed by atoms with Gasteiger partial charge in [-0.25, -0.2) is 0 Å². The van der Waals surface area contributed by atoms with E-state index in [1.807, 2.05) is 6.07 Å². The maximum atomic E-state index is 9.28. The number of nitriles is 1. The molecule has 0 radical (unpaired) electrons. The Hall–Kier alpha value is -2.61. The van der Waals surface area contributed by atoms with Gasteiger partial charge in [0.1, 0.15) is 6.07 Å². The maximum absolute atomic E-state index is 9.28. The van der Waals surface area contributed by atoms with Crippen LogP contribution in [0.1, 0.15) is 30.0 Å². The minimum Gasteiger partial charge on any atom is -0.357 e. The Balaban J connectivity index is 1.95. The van der Waals surface area contributed by atoms with Gasteiger partial charge < -0.3 is 9.51 Å². The summed E-state index contributed by atoms with van der Waals surface area (Å²) in [5.41, 5.74) is 3.50. The van der Waals surface area contributed by atoms with E-state index in [1.54, 1.807) is 6.07 Å². The number of fused-ring (bicyclic) bond motifs is 1. The van der Waals surface area contributed by atoms with Crippen LogP contribution in [-0.4, -0.2) is 15.1 Å². The van der Waals surface area contributed by atoms with E-state index in [2.05, 4.69) is 27.3 Å². The van der Waals surface area contributed by atoms with Gasteiger partial charge in [0.2, 0.25) is 0 Å². The Morgan fingerprint density at radius 3 is 2.89 bits per heavy atom. The predicted molar refractivity (Wildman–Crippen MR) is 68.3 cm³/mol. The molecule has 1 N–H and O–H groups in total. The summed E-state index contributed by atoms with van der Waals surface area (Å²) in [5, 5.41) is 13.9. The van der Waals surface area contributed by atoms with Crippen molar-refractivity contribution in [2.24, 2.45) is 0 Å². The Bertz CT molecular complexity index is 791. The van der Waals surface area contributed by atoms with Gasteiger partial charge in [-0.15, -0.1) is 0 Å².